The number of amides is 1. The van der Waals surface area contributed by atoms with Gasteiger partial charge in [-0.3, -0.25) is 4.79 Å². The number of rotatable bonds is 4. The largest absolute Gasteiger partial charge is 0.449 e. The highest BCUT2D eigenvalue weighted by atomic mass is 16.5. The average molecular weight is 316 g/mol. The summed E-state index contributed by atoms with van der Waals surface area (Å²) >= 11 is 0. The molecule has 1 amide bonds. The highest BCUT2D eigenvalue weighted by molar-refractivity contribution is 5.95. The zero-order valence-electron chi connectivity index (χ0n) is 14.0. The number of nitrogens with zero attached hydrogens (tertiary/aromatic N) is 2. The van der Waals surface area contributed by atoms with Crippen LogP contribution in [0.2, 0.25) is 0 Å². The fraction of sp³-hybridized carbons (Fsp3) is 0.556. The van der Waals surface area contributed by atoms with Gasteiger partial charge in [0, 0.05) is 31.5 Å². The zero-order chi connectivity index (χ0) is 16.4. The van der Waals surface area contributed by atoms with Crippen molar-refractivity contribution in [3.8, 4) is 0 Å². The molecule has 2 aromatic heterocycles. The normalized spacial score (nSPS) is 16.4. The number of fused-ring (bicyclic) bond motifs is 1. The molecule has 5 heteroatoms. The first kappa shape index (κ1) is 16.0. The Bertz CT molecular complexity index is 685. The second kappa shape index (κ2) is 6.71. The summed E-state index contributed by atoms with van der Waals surface area (Å²) in [4.78, 5) is 18.8. The molecule has 0 aliphatic carbocycles. The van der Waals surface area contributed by atoms with Crippen molar-refractivity contribution in [2.24, 2.45) is 5.92 Å². The number of ether oxygens (including phenoxy) is 1. The van der Waals surface area contributed by atoms with Crippen molar-refractivity contribution in [3.63, 3.8) is 0 Å². The molecule has 124 valence electrons. The van der Waals surface area contributed by atoms with Crippen LogP contribution < -0.4 is 0 Å². The molecule has 1 aliphatic heterocycles. The second-order valence-electron chi connectivity index (χ2n) is 6.67. The molecule has 0 unspecified atom stereocenters. The van der Waals surface area contributed by atoms with E-state index in [-0.39, 0.29) is 12.0 Å². The fourth-order valence-corrected chi connectivity index (χ4v) is 2.84. The van der Waals surface area contributed by atoms with Crippen molar-refractivity contribution >= 4 is 17.0 Å². The number of aryl methyl sites for hydroxylation is 1. The van der Waals surface area contributed by atoms with Gasteiger partial charge >= 0.3 is 0 Å². The summed E-state index contributed by atoms with van der Waals surface area (Å²) in [7, 11) is 0. The van der Waals surface area contributed by atoms with Crippen molar-refractivity contribution in [2.75, 3.05) is 19.7 Å². The number of pyridine rings is 1. The highest BCUT2D eigenvalue weighted by Crippen LogP contribution is 2.22. The van der Waals surface area contributed by atoms with E-state index in [4.69, 9.17) is 9.15 Å². The SMILES string of the molecule is Cc1ccc2oc(C(=O)N3CCC(OCC(C)C)CC3)cc2n1. The Hall–Kier alpha value is -1.88. The van der Waals surface area contributed by atoms with Crippen LogP contribution in [0.4, 0.5) is 0 Å². The Morgan fingerprint density at radius 2 is 2.13 bits per heavy atom. The molecule has 0 radical (unpaired) electrons. The summed E-state index contributed by atoms with van der Waals surface area (Å²) in [5.74, 6) is 0.865. The molecule has 1 aliphatic rings. The van der Waals surface area contributed by atoms with Crippen LogP contribution in [0.5, 0.6) is 0 Å². The third-order valence-corrected chi connectivity index (χ3v) is 4.12. The molecule has 1 fully saturated rings. The van der Waals surface area contributed by atoms with Gasteiger partial charge in [-0.1, -0.05) is 13.8 Å². The number of hydrogen-bond acceptors (Lipinski definition) is 4. The third kappa shape index (κ3) is 3.72. The van der Waals surface area contributed by atoms with Gasteiger partial charge in [-0.05, 0) is 37.8 Å². The Labute approximate surface area is 136 Å². The lowest BCUT2D eigenvalue weighted by Gasteiger charge is -2.31. The molecule has 0 aromatic carbocycles. The molecule has 5 nitrogen and oxygen atoms in total. The van der Waals surface area contributed by atoms with Crippen molar-refractivity contribution in [1.82, 2.24) is 9.88 Å². The van der Waals surface area contributed by atoms with E-state index < -0.39 is 0 Å². The quantitative estimate of drug-likeness (QED) is 0.867. The van der Waals surface area contributed by atoms with Crippen LogP contribution >= 0.6 is 0 Å². The van der Waals surface area contributed by atoms with Crippen LogP contribution in [0.3, 0.4) is 0 Å². The first-order valence-electron chi connectivity index (χ1n) is 8.31. The number of carbonyl (C=O) groups excluding carboxylic acids is 1. The van der Waals surface area contributed by atoms with Gasteiger partial charge < -0.3 is 14.1 Å². The first-order valence-corrected chi connectivity index (χ1v) is 8.31. The number of likely N-dealkylation sites (tertiary alicyclic amines) is 1. The van der Waals surface area contributed by atoms with E-state index in [1.165, 1.54) is 0 Å². The topological polar surface area (TPSA) is 55.6 Å². The molecule has 0 spiro atoms. The number of piperidine rings is 1. The average Bonchev–Trinajstić information content (AvgIpc) is 2.95. The molecule has 3 rings (SSSR count). The Morgan fingerprint density at radius 1 is 1.39 bits per heavy atom. The van der Waals surface area contributed by atoms with E-state index in [1.54, 1.807) is 6.07 Å². The van der Waals surface area contributed by atoms with Gasteiger partial charge in [0.25, 0.3) is 5.91 Å². The predicted octanol–water partition coefficient (Wildman–Crippen LogP) is 3.41. The minimum atomic E-state index is -0.0528. The maximum atomic E-state index is 12.6. The number of furan rings is 1. The molecule has 0 saturated carbocycles. The Morgan fingerprint density at radius 3 is 2.83 bits per heavy atom. The number of aromatic nitrogens is 1. The third-order valence-electron chi connectivity index (χ3n) is 4.12. The molecule has 2 aromatic rings. The van der Waals surface area contributed by atoms with Crippen LogP contribution in [0, 0.1) is 12.8 Å². The molecule has 1 saturated heterocycles. The Balaban J connectivity index is 1.62. The predicted molar refractivity (Wildman–Crippen MR) is 88.5 cm³/mol. The van der Waals surface area contributed by atoms with Crippen LogP contribution in [0.1, 0.15) is 42.9 Å². The van der Waals surface area contributed by atoms with Gasteiger partial charge in [-0.2, -0.15) is 0 Å². The van der Waals surface area contributed by atoms with E-state index in [9.17, 15) is 4.79 Å². The van der Waals surface area contributed by atoms with E-state index >= 15 is 0 Å². The smallest absolute Gasteiger partial charge is 0.289 e. The monoisotopic (exact) mass is 316 g/mol. The molecule has 23 heavy (non-hydrogen) atoms. The van der Waals surface area contributed by atoms with E-state index in [0.29, 0.717) is 30.4 Å². The summed E-state index contributed by atoms with van der Waals surface area (Å²) in [5, 5.41) is 0. The standard InChI is InChI=1S/C18H24N2O3/c1-12(2)11-22-14-6-8-20(9-7-14)18(21)17-10-15-16(23-17)5-4-13(3)19-15/h4-5,10,12,14H,6-9,11H2,1-3H3. The summed E-state index contributed by atoms with van der Waals surface area (Å²) in [5.41, 5.74) is 2.32. The summed E-state index contributed by atoms with van der Waals surface area (Å²) in [6, 6.07) is 5.49. The summed E-state index contributed by atoms with van der Waals surface area (Å²) < 4.78 is 11.5. The van der Waals surface area contributed by atoms with Crippen molar-refractivity contribution < 1.29 is 13.9 Å². The van der Waals surface area contributed by atoms with Crippen LogP contribution in [-0.2, 0) is 4.74 Å². The van der Waals surface area contributed by atoms with Gasteiger partial charge in [0.1, 0.15) is 5.52 Å². The summed E-state index contributed by atoms with van der Waals surface area (Å²) in [6.45, 7) is 8.44. The van der Waals surface area contributed by atoms with Crippen LogP contribution in [0.15, 0.2) is 22.6 Å². The minimum Gasteiger partial charge on any atom is -0.449 e. The second-order valence-corrected chi connectivity index (χ2v) is 6.67. The summed E-state index contributed by atoms with van der Waals surface area (Å²) in [6.07, 6.45) is 2.04. The van der Waals surface area contributed by atoms with Gasteiger partial charge in [0.2, 0.25) is 0 Å². The minimum absolute atomic E-state index is 0.0528. The van der Waals surface area contributed by atoms with E-state index in [2.05, 4.69) is 18.8 Å². The molecular weight excluding hydrogens is 292 g/mol. The number of carbonyl (C=O) groups is 1. The maximum Gasteiger partial charge on any atom is 0.289 e. The molecular formula is C18H24N2O3. The van der Waals surface area contributed by atoms with Gasteiger partial charge in [-0.25, -0.2) is 4.98 Å². The van der Waals surface area contributed by atoms with Crippen LogP contribution in [0.25, 0.3) is 11.1 Å². The lowest BCUT2D eigenvalue weighted by molar-refractivity contribution is -0.00288. The van der Waals surface area contributed by atoms with E-state index in [0.717, 1.165) is 30.7 Å². The van der Waals surface area contributed by atoms with Crippen LogP contribution in [-0.4, -0.2) is 41.6 Å². The molecule has 0 N–H and O–H groups in total. The van der Waals surface area contributed by atoms with E-state index in [1.807, 2.05) is 24.0 Å². The first-order chi connectivity index (χ1) is 11.0. The maximum absolute atomic E-state index is 12.6. The van der Waals surface area contributed by atoms with Crippen molar-refractivity contribution in [2.45, 2.75) is 39.7 Å². The molecule has 0 bridgehead atoms. The Kier molecular flexibility index (Phi) is 4.66. The van der Waals surface area contributed by atoms with Gasteiger partial charge in [0.05, 0.1) is 6.10 Å². The molecule has 3 heterocycles. The van der Waals surface area contributed by atoms with Gasteiger partial charge in [-0.15, -0.1) is 0 Å². The van der Waals surface area contributed by atoms with Gasteiger partial charge in [0.15, 0.2) is 11.3 Å². The highest BCUT2D eigenvalue weighted by Gasteiger charge is 2.26. The lowest BCUT2D eigenvalue weighted by atomic mass is 10.1. The zero-order valence-corrected chi connectivity index (χ0v) is 14.0. The number of hydrogen-bond donors (Lipinski definition) is 0. The lowest BCUT2D eigenvalue weighted by Crippen LogP contribution is -2.41. The van der Waals surface area contributed by atoms with Crippen molar-refractivity contribution in [1.29, 1.82) is 0 Å². The molecule has 0 atom stereocenters. The fourth-order valence-electron chi connectivity index (χ4n) is 2.84. The van der Waals surface area contributed by atoms with Crippen molar-refractivity contribution in [3.05, 3.63) is 29.7 Å².